The molecule has 0 atom stereocenters. The number of aromatic amines is 1. The van der Waals surface area contributed by atoms with Gasteiger partial charge in [0.25, 0.3) is 5.91 Å². The third kappa shape index (κ3) is 3.68. The van der Waals surface area contributed by atoms with E-state index in [4.69, 9.17) is 14.2 Å². The number of carbonyl (C=O) groups is 1. The molecule has 0 saturated heterocycles. The Morgan fingerprint density at radius 2 is 1.71 bits per heavy atom. The van der Waals surface area contributed by atoms with Gasteiger partial charge in [-0.2, -0.15) is 5.10 Å². The fraction of sp³-hybridized carbons (Fsp3) is 0.294. The highest BCUT2D eigenvalue weighted by Crippen LogP contribution is 2.38. The Hall–Kier alpha value is -2.96. The molecule has 0 radical (unpaired) electrons. The average molecular weight is 331 g/mol. The van der Waals surface area contributed by atoms with E-state index in [1.807, 2.05) is 19.9 Å². The van der Waals surface area contributed by atoms with Crippen molar-refractivity contribution in [2.45, 2.75) is 13.8 Å². The molecule has 2 rings (SSSR count). The number of aromatic nitrogens is 1. The largest absolute Gasteiger partial charge is 0.493 e. The number of nitrogens with zero attached hydrogens (tertiary/aromatic N) is 1. The standard InChI is InChI=1S/C17H21N3O4/c1-10-6-13(11(2)19-10)9-18-20-17(21)12-7-14(22-3)16(24-5)15(8-12)23-4/h6-9,19H,1-5H3,(H,20,21)/b18-9+. The highest BCUT2D eigenvalue weighted by molar-refractivity contribution is 5.96. The van der Waals surface area contributed by atoms with Gasteiger partial charge in [-0.15, -0.1) is 0 Å². The van der Waals surface area contributed by atoms with Gasteiger partial charge in [0.05, 0.1) is 27.5 Å². The highest BCUT2D eigenvalue weighted by Gasteiger charge is 2.16. The number of hydrogen-bond donors (Lipinski definition) is 2. The number of hydrazone groups is 1. The molecule has 0 fully saturated rings. The number of H-pyrrole nitrogens is 1. The van der Waals surface area contributed by atoms with Gasteiger partial charge in [0.1, 0.15) is 0 Å². The van der Waals surface area contributed by atoms with Crippen LogP contribution in [0.2, 0.25) is 0 Å². The molecule has 1 amide bonds. The van der Waals surface area contributed by atoms with E-state index in [1.165, 1.54) is 21.3 Å². The molecule has 0 bridgehead atoms. The van der Waals surface area contributed by atoms with Crippen molar-refractivity contribution in [1.82, 2.24) is 10.4 Å². The number of carbonyl (C=O) groups excluding carboxylic acids is 1. The van der Waals surface area contributed by atoms with E-state index in [9.17, 15) is 4.79 Å². The zero-order valence-electron chi connectivity index (χ0n) is 14.4. The summed E-state index contributed by atoms with van der Waals surface area (Å²) in [6, 6.07) is 5.08. The molecule has 0 aliphatic rings. The molecule has 0 aliphatic heterocycles. The van der Waals surface area contributed by atoms with Crippen LogP contribution in [-0.2, 0) is 0 Å². The zero-order valence-corrected chi connectivity index (χ0v) is 14.4. The minimum absolute atomic E-state index is 0.351. The summed E-state index contributed by atoms with van der Waals surface area (Å²) >= 11 is 0. The first-order valence-electron chi connectivity index (χ1n) is 7.29. The van der Waals surface area contributed by atoms with Crippen LogP contribution >= 0.6 is 0 Å². The molecule has 0 aliphatic carbocycles. The van der Waals surface area contributed by atoms with Gasteiger partial charge >= 0.3 is 0 Å². The number of benzene rings is 1. The lowest BCUT2D eigenvalue weighted by Crippen LogP contribution is -2.18. The molecule has 0 unspecified atom stereocenters. The van der Waals surface area contributed by atoms with Gasteiger partial charge in [-0.25, -0.2) is 5.43 Å². The molecule has 1 heterocycles. The first-order chi connectivity index (χ1) is 11.5. The van der Waals surface area contributed by atoms with E-state index in [0.29, 0.717) is 22.8 Å². The van der Waals surface area contributed by atoms with E-state index >= 15 is 0 Å². The molecule has 2 N–H and O–H groups in total. The lowest BCUT2D eigenvalue weighted by atomic mass is 10.1. The molecule has 1 aromatic carbocycles. The number of aryl methyl sites for hydroxylation is 2. The molecule has 1 aromatic heterocycles. The van der Waals surface area contributed by atoms with Crippen molar-refractivity contribution in [1.29, 1.82) is 0 Å². The fourth-order valence-corrected chi connectivity index (χ4v) is 2.32. The van der Waals surface area contributed by atoms with Gasteiger partial charge < -0.3 is 19.2 Å². The molecule has 128 valence electrons. The summed E-state index contributed by atoms with van der Waals surface area (Å²) in [5.41, 5.74) is 5.77. The minimum Gasteiger partial charge on any atom is -0.493 e. The lowest BCUT2D eigenvalue weighted by molar-refractivity contribution is 0.0954. The van der Waals surface area contributed by atoms with Crippen LogP contribution in [0.15, 0.2) is 23.3 Å². The monoisotopic (exact) mass is 331 g/mol. The third-order valence-electron chi connectivity index (χ3n) is 3.49. The number of hydrogen-bond acceptors (Lipinski definition) is 5. The summed E-state index contributed by atoms with van der Waals surface area (Å²) in [5.74, 6) is 0.861. The molecule has 24 heavy (non-hydrogen) atoms. The predicted octanol–water partition coefficient (Wildman–Crippen LogP) is 2.42. The summed E-state index contributed by atoms with van der Waals surface area (Å²) in [5, 5.41) is 3.99. The van der Waals surface area contributed by atoms with Crippen molar-refractivity contribution < 1.29 is 19.0 Å². The van der Waals surface area contributed by atoms with Gasteiger partial charge in [-0.05, 0) is 32.0 Å². The van der Waals surface area contributed by atoms with Gasteiger partial charge in [-0.1, -0.05) is 0 Å². The summed E-state index contributed by atoms with van der Waals surface area (Å²) < 4.78 is 15.7. The molecule has 2 aromatic rings. The second-order valence-corrected chi connectivity index (χ2v) is 5.15. The van der Waals surface area contributed by atoms with Crippen molar-refractivity contribution >= 4 is 12.1 Å². The fourth-order valence-electron chi connectivity index (χ4n) is 2.32. The van der Waals surface area contributed by atoms with E-state index < -0.39 is 0 Å². The Balaban J connectivity index is 2.19. The van der Waals surface area contributed by atoms with E-state index in [0.717, 1.165) is 17.0 Å². The van der Waals surface area contributed by atoms with Gasteiger partial charge in [0.2, 0.25) is 5.75 Å². The van der Waals surface area contributed by atoms with Crippen LogP contribution in [0.5, 0.6) is 17.2 Å². The maximum Gasteiger partial charge on any atom is 0.271 e. The molecule has 0 saturated carbocycles. The van der Waals surface area contributed by atoms with E-state index in [2.05, 4.69) is 15.5 Å². The second kappa shape index (κ2) is 7.54. The molecular weight excluding hydrogens is 310 g/mol. The SMILES string of the molecule is COc1cc(C(=O)N/N=C/c2cc(C)[nH]c2C)cc(OC)c1OC. The van der Waals surface area contributed by atoms with E-state index in [1.54, 1.807) is 18.3 Å². The third-order valence-corrected chi connectivity index (χ3v) is 3.49. The Morgan fingerprint density at radius 3 is 2.17 bits per heavy atom. The molecule has 0 spiro atoms. The van der Waals surface area contributed by atoms with Crippen molar-refractivity contribution in [2.75, 3.05) is 21.3 Å². The number of amides is 1. The first-order valence-corrected chi connectivity index (χ1v) is 7.29. The maximum atomic E-state index is 12.3. The predicted molar refractivity (Wildman–Crippen MR) is 91.4 cm³/mol. The van der Waals surface area contributed by atoms with Crippen molar-refractivity contribution in [3.05, 3.63) is 40.7 Å². The average Bonchev–Trinajstić information content (AvgIpc) is 2.90. The summed E-state index contributed by atoms with van der Waals surface area (Å²) in [6.07, 6.45) is 1.59. The van der Waals surface area contributed by atoms with Gasteiger partial charge in [0, 0.05) is 22.5 Å². The van der Waals surface area contributed by atoms with Crippen LogP contribution in [-0.4, -0.2) is 38.4 Å². The Labute approximate surface area is 140 Å². The maximum absolute atomic E-state index is 12.3. The van der Waals surface area contributed by atoms with Crippen LogP contribution in [0.1, 0.15) is 27.3 Å². The van der Waals surface area contributed by atoms with Crippen molar-refractivity contribution in [2.24, 2.45) is 5.10 Å². The van der Waals surface area contributed by atoms with Crippen LogP contribution in [0.4, 0.5) is 0 Å². The summed E-state index contributed by atoms with van der Waals surface area (Å²) in [6.45, 7) is 3.90. The Kier molecular flexibility index (Phi) is 5.47. The molecule has 7 nitrogen and oxygen atoms in total. The number of nitrogens with one attached hydrogen (secondary N) is 2. The Bertz CT molecular complexity index is 740. The van der Waals surface area contributed by atoms with Crippen LogP contribution in [0.3, 0.4) is 0 Å². The normalized spacial score (nSPS) is 10.7. The van der Waals surface area contributed by atoms with Crippen LogP contribution in [0.25, 0.3) is 0 Å². The van der Waals surface area contributed by atoms with Crippen molar-refractivity contribution in [3.8, 4) is 17.2 Å². The van der Waals surface area contributed by atoms with E-state index in [-0.39, 0.29) is 5.91 Å². The van der Waals surface area contributed by atoms with Crippen LogP contribution < -0.4 is 19.6 Å². The number of ether oxygens (including phenoxy) is 3. The smallest absolute Gasteiger partial charge is 0.271 e. The number of rotatable bonds is 6. The quantitative estimate of drug-likeness (QED) is 0.629. The van der Waals surface area contributed by atoms with Crippen LogP contribution in [0, 0.1) is 13.8 Å². The second-order valence-electron chi connectivity index (χ2n) is 5.15. The molecule has 7 heteroatoms. The summed E-state index contributed by atoms with van der Waals surface area (Å²) in [4.78, 5) is 15.4. The molecular formula is C17H21N3O4. The topological polar surface area (TPSA) is 84.9 Å². The van der Waals surface area contributed by atoms with Gasteiger partial charge in [0.15, 0.2) is 11.5 Å². The minimum atomic E-state index is -0.379. The number of methoxy groups -OCH3 is 3. The van der Waals surface area contributed by atoms with Gasteiger partial charge in [-0.3, -0.25) is 4.79 Å². The highest BCUT2D eigenvalue weighted by atomic mass is 16.5. The lowest BCUT2D eigenvalue weighted by Gasteiger charge is -2.13. The first kappa shape index (κ1) is 17.4. The summed E-state index contributed by atoms with van der Waals surface area (Å²) in [7, 11) is 4.49. The zero-order chi connectivity index (χ0) is 17.7. The Morgan fingerprint density at radius 1 is 1.08 bits per heavy atom. The van der Waals surface area contributed by atoms with Crippen molar-refractivity contribution in [3.63, 3.8) is 0 Å².